The number of hydrogen-bond acceptors (Lipinski definition) is 1. The van der Waals surface area contributed by atoms with E-state index >= 15 is 0 Å². The number of carbonyl (C=O) groups excluding carboxylic acids is 1. The Hall–Kier alpha value is -0.590. The molecule has 2 unspecified atom stereocenters. The molecule has 0 bridgehead atoms. The van der Waals surface area contributed by atoms with Crippen molar-refractivity contribution in [3.63, 3.8) is 0 Å². The average molecular weight is 152 g/mol. The first-order valence-corrected chi connectivity index (χ1v) is 4.37. The molecule has 0 aromatic rings. The minimum Gasteiger partial charge on any atom is -0.299 e. The largest absolute Gasteiger partial charge is 0.299 e. The fourth-order valence-electron chi connectivity index (χ4n) is 1.81. The van der Waals surface area contributed by atoms with E-state index in [0.29, 0.717) is 17.6 Å². The van der Waals surface area contributed by atoms with Gasteiger partial charge >= 0.3 is 0 Å². The molecule has 1 aliphatic carbocycles. The van der Waals surface area contributed by atoms with Gasteiger partial charge in [0.05, 0.1) is 0 Å². The Morgan fingerprint density at radius 2 is 2.45 bits per heavy atom. The Balaban J connectivity index is 2.34. The van der Waals surface area contributed by atoms with Crippen molar-refractivity contribution in [1.82, 2.24) is 0 Å². The van der Waals surface area contributed by atoms with E-state index in [9.17, 15) is 4.79 Å². The van der Waals surface area contributed by atoms with E-state index in [2.05, 4.69) is 13.5 Å². The van der Waals surface area contributed by atoms with Crippen LogP contribution in [0.4, 0.5) is 0 Å². The highest BCUT2D eigenvalue weighted by Crippen LogP contribution is 2.30. The van der Waals surface area contributed by atoms with Crippen LogP contribution in [-0.4, -0.2) is 5.78 Å². The van der Waals surface area contributed by atoms with E-state index in [1.807, 2.05) is 6.08 Å². The molecule has 1 fully saturated rings. The van der Waals surface area contributed by atoms with Crippen molar-refractivity contribution in [2.75, 3.05) is 0 Å². The van der Waals surface area contributed by atoms with Gasteiger partial charge in [0.25, 0.3) is 0 Å². The minimum absolute atomic E-state index is 0.350. The second kappa shape index (κ2) is 3.70. The molecule has 0 amide bonds. The Bertz CT molecular complexity index is 160. The highest BCUT2D eigenvalue weighted by molar-refractivity contribution is 5.83. The molecule has 1 nitrogen and oxygen atoms in total. The van der Waals surface area contributed by atoms with Crippen molar-refractivity contribution in [2.24, 2.45) is 11.8 Å². The quantitative estimate of drug-likeness (QED) is 0.568. The predicted molar refractivity (Wildman–Crippen MR) is 46.3 cm³/mol. The van der Waals surface area contributed by atoms with E-state index in [4.69, 9.17) is 0 Å². The van der Waals surface area contributed by atoms with Crippen molar-refractivity contribution in [3.05, 3.63) is 12.7 Å². The van der Waals surface area contributed by atoms with E-state index in [0.717, 1.165) is 25.7 Å². The number of Topliss-reactive ketones (excluding diaryl/α,β-unsaturated/α-hetero) is 1. The molecule has 0 saturated heterocycles. The monoisotopic (exact) mass is 152 g/mol. The Morgan fingerprint density at radius 3 is 2.91 bits per heavy atom. The summed E-state index contributed by atoms with van der Waals surface area (Å²) in [7, 11) is 0. The van der Waals surface area contributed by atoms with Crippen LogP contribution in [0, 0.1) is 11.8 Å². The molecule has 0 heterocycles. The number of carbonyl (C=O) groups is 1. The molecule has 1 rings (SSSR count). The summed E-state index contributed by atoms with van der Waals surface area (Å²) < 4.78 is 0. The smallest absolute Gasteiger partial charge is 0.136 e. The number of ketones is 1. The van der Waals surface area contributed by atoms with Crippen LogP contribution in [0.15, 0.2) is 12.7 Å². The summed E-state index contributed by atoms with van der Waals surface area (Å²) in [4.78, 5) is 11.3. The van der Waals surface area contributed by atoms with Gasteiger partial charge in [0.2, 0.25) is 0 Å². The van der Waals surface area contributed by atoms with Gasteiger partial charge in [0, 0.05) is 12.3 Å². The topological polar surface area (TPSA) is 17.1 Å². The summed E-state index contributed by atoms with van der Waals surface area (Å²) in [6.07, 6.45) is 5.82. The van der Waals surface area contributed by atoms with Crippen molar-refractivity contribution >= 4 is 5.78 Å². The van der Waals surface area contributed by atoms with Gasteiger partial charge in [-0.15, -0.1) is 6.58 Å². The zero-order chi connectivity index (χ0) is 8.27. The molecule has 0 aliphatic heterocycles. The van der Waals surface area contributed by atoms with Gasteiger partial charge in [-0.1, -0.05) is 13.0 Å². The molecule has 2 atom stereocenters. The Kier molecular flexibility index (Phi) is 2.86. The van der Waals surface area contributed by atoms with Gasteiger partial charge in [-0.25, -0.2) is 0 Å². The third-order valence-corrected chi connectivity index (χ3v) is 2.41. The molecule has 1 heteroatoms. The highest BCUT2D eigenvalue weighted by Gasteiger charge is 2.28. The van der Waals surface area contributed by atoms with Gasteiger partial charge < -0.3 is 0 Å². The molecule has 0 spiro atoms. The van der Waals surface area contributed by atoms with Crippen LogP contribution in [0.2, 0.25) is 0 Å². The molecule has 62 valence electrons. The van der Waals surface area contributed by atoms with Crippen LogP contribution in [0.25, 0.3) is 0 Å². The summed E-state index contributed by atoms with van der Waals surface area (Å²) in [5.74, 6) is 1.44. The second-order valence-corrected chi connectivity index (χ2v) is 3.57. The fourth-order valence-corrected chi connectivity index (χ4v) is 1.81. The zero-order valence-electron chi connectivity index (χ0n) is 7.18. The first-order chi connectivity index (χ1) is 5.24. The van der Waals surface area contributed by atoms with Gasteiger partial charge in [-0.05, 0) is 25.2 Å². The van der Waals surface area contributed by atoms with Gasteiger partial charge in [0.1, 0.15) is 5.78 Å². The van der Waals surface area contributed by atoms with Crippen molar-refractivity contribution in [1.29, 1.82) is 0 Å². The number of allylic oxidation sites excluding steroid dienone is 1. The van der Waals surface area contributed by atoms with Gasteiger partial charge in [0.15, 0.2) is 0 Å². The number of hydrogen-bond donors (Lipinski definition) is 0. The summed E-state index contributed by atoms with van der Waals surface area (Å²) in [5, 5.41) is 0. The Morgan fingerprint density at radius 1 is 1.73 bits per heavy atom. The fraction of sp³-hybridized carbons (Fsp3) is 0.700. The minimum atomic E-state index is 0.350. The standard InChI is InChI=1S/C10H16O/c1-3-4-5-9-6-8(2)7-10(9)11/h3,8-9H,1,4-7H2,2H3. The maximum atomic E-state index is 11.3. The highest BCUT2D eigenvalue weighted by atomic mass is 16.1. The Labute approximate surface area is 68.5 Å². The molecular formula is C10H16O. The molecule has 0 N–H and O–H groups in total. The molecule has 11 heavy (non-hydrogen) atoms. The van der Waals surface area contributed by atoms with Gasteiger partial charge in [-0.2, -0.15) is 0 Å². The van der Waals surface area contributed by atoms with Crippen LogP contribution >= 0.6 is 0 Å². The van der Waals surface area contributed by atoms with E-state index in [1.54, 1.807) is 0 Å². The molecule has 0 aromatic heterocycles. The first-order valence-electron chi connectivity index (χ1n) is 4.37. The van der Waals surface area contributed by atoms with E-state index in [-0.39, 0.29) is 0 Å². The number of rotatable bonds is 3. The first kappa shape index (κ1) is 8.51. The lowest BCUT2D eigenvalue weighted by Gasteiger charge is -2.04. The third-order valence-electron chi connectivity index (χ3n) is 2.41. The maximum absolute atomic E-state index is 11.3. The lowest BCUT2D eigenvalue weighted by atomic mass is 10.00. The second-order valence-electron chi connectivity index (χ2n) is 3.57. The van der Waals surface area contributed by atoms with Crippen molar-refractivity contribution in [2.45, 2.75) is 32.6 Å². The lowest BCUT2D eigenvalue weighted by Crippen LogP contribution is -2.04. The van der Waals surface area contributed by atoms with Crippen LogP contribution in [-0.2, 0) is 4.79 Å². The molecule has 1 saturated carbocycles. The SMILES string of the molecule is C=CCCC1CC(C)CC1=O. The van der Waals surface area contributed by atoms with Crippen molar-refractivity contribution < 1.29 is 4.79 Å². The zero-order valence-corrected chi connectivity index (χ0v) is 7.18. The van der Waals surface area contributed by atoms with Crippen LogP contribution in [0.5, 0.6) is 0 Å². The summed E-state index contributed by atoms with van der Waals surface area (Å²) in [5.41, 5.74) is 0. The third kappa shape index (κ3) is 2.18. The maximum Gasteiger partial charge on any atom is 0.136 e. The molecule has 0 aromatic carbocycles. The normalized spacial score (nSPS) is 30.8. The molecule has 0 radical (unpaired) electrons. The van der Waals surface area contributed by atoms with E-state index in [1.165, 1.54) is 0 Å². The molecular weight excluding hydrogens is 136 g/mol. The van der Waals surface area contributed by atoms with Crippen LogP contribution in [0.1, 0.15) is 32.6 Å². The van der Waals surface area contributed by atoms with Gasteiger partial charge in [-0.3, -0.25) is 4.79 Å². The van der Waals surface area contributed by atoms with Crippen LogP contribution in [0.3, 0.4) is 0 Å². The summed E-state index contributed by atoms with van der Waals surface area (Å²) >= 11 is 0. The van der Waals surface area contributed by atoms with Crippen molar-refractivity contribution in [3.8, 4) is 0 Å². The average Bonchev–Trinajstić information content (AvgIpc) is 2.26. The van der Waals surface area contributed by atoms with Crippen LogP contribution < -0.4 is 0 Å². The van der Waals surface area contributed by atoms with E-state index < -0.39 is 0 Å². The predicted octanol–water partition coefficient (Wildman–Crippen LogP) is 2.57. The summed E-state index contributed by atoms with van der Waals surface area (Å²) in [6.45, 7) is 5.81. The lowest BCUT2D eigenvalue weighted by molar-refractivity contribution is -0.120. The summed E-state index contributed by atoms with van der Waals surface area (Å²) in [6, 6.07) is 0. The molecule has 1 aliphatic rings.